The smallest absolute Gasteiger partial charge is 0.291 e. The first kappa shape index (κ1) is 15.3. The molecule has 0 aliphatic carbocycles. The third kappa shape index (κ3) is 2.61. The lowest BCUT2D eigenvalue weighted by Crippen LogP contribution is -2.30. The number of rotatable bonds is 3. The molecular formula is C19H21N3O. The van der Waals surface area contributed by atoms with Gasteiger partial charge in [-0.3, -0.25) is 4.79 Å². The average Bonchev–Trinajstić information content (AvgIpc) is 2.53. The Hall–Kier alpha value is -2.62. The SMILES string of the molecule is CC(C)n1ncc(-c2cccc3ccccc23)c(N(C)C)c1=O. The van der Waals surface area contributed by atoms with Gasteiger partial charge < -0.3 is 4.90 Å². The van der Waals surface area contributed by atoms with E-state index in [1.54, 1.807) is 6.20 Å². The summed E-state index contributed by atoms with van der Waals surface area (Å²) in [6.45, 7) is 3.93. The lowest BCUT2D eigenvalue weighted by atomic mass is 9.98. The van der Waals surface area contributed by atoms with Crippen LogP contribution in [0.2, 0.25) is 0 Å². The molecule has 2 aromatic carbocycles. The van der Waals surface area contributed by atoms with Gasteiger partial charge in [0.2, 0.25) is 0 Å². The van der Waals surface area contributed by atoms with Gasteiger partial charge in [0.05, 0.1) is 12.2 Å². The monoisotopic (exact) mass is 307 g/mol. The van der Waals surface area contributed by atoms with E-state index in [1.807, 2.05) is 57.1 Å². The highest BCUT2D eigenvalue weighted by Gasteiger charge is 2.17. The maximum atomic E-state index is 12.8. The molecule has 0 radical (unpaired) electrons. The molecule has 0 aliphatic rings. The second-order valence-electron chi connectivity index (χ2n) is 6.17. The first-order valence-electron chi connectivity index (χ1n) is 7.78. The molecule has 3 aromatic rings. The van der Waals surface area contributed by atoms with Gasteiger partial charge in [0.1, 0.15) is 5.69 Å². The fourth-order valence-corrected chi connectivity index (χ4v) is 2.91. The Bertz CT molecular complexity index is 905. The van der Waals surface area contributed by atoms with Crippen molar-refractivity contribution >= 4 is 16.5 Å². The Morgan fingerprint density at radius 1 is 1.00 bits per heavy atom. The van der Waals surface area contributed by atoms with Crippen LogP contribution in [-0.4, -0.2) is 23.9 Å². The number of fused-ring (bicyclic) bond motifs is 1. The van der Waals surface area contributed by atoms with Gasteiger partial charge in [-0.25, -0.2) is 4.68 Å². The Labute approximate surface area is 136 Å². The van der Waals surface area contributed by atoms with E-state index in [2.05, 4.69) is 23.3 Å². The minimum atomic E-state index is -0.0598. The third-order valence-corrected chi connectivity index (χ3v) is 3.99. The largest absolute Gasteiger partial charge is 0.373 e. The summed E-state index contributed by atoms with van der Waals surface area (Å²) in [6.07, 6.45) is 1.80. The third-order valence-electron chi connectivity index (χ3n) is 3.99. The van der Waals surface area contributed by atoms with Crippen molar-refractivity contribution in [2.24, 2.45) is 0 Å². The highest BCUT2D eigenvalue weighted by molar-refractivity contribution is 5.99. The molecule has 23 heavy (non-hydrogen) atoms. The molecule has 0 saturated heterocycles. The maximum Gasteiger partial charge on any atom is 0.291 e. The Morgan fingerprint density at radius 2 is 1.70 bits per heavy atom. The predicted molar refractivity (Wildman–Crippen MR) is 96.2 cm³/mol. The van der Waals surface area contributed by atoms with Crippen molar-refractivity contribution in [2.45, 2.75) is 19.9 Å². The van der Waals surface area contributed by atoms with Crippen LogP contribution in [0.4, 0.5) is 5.69 Å². The molecule has 3 rings (SSSR count). The van der Waals surface area contributed by atoms with Crippen LogP contribution < -0.4 is 10.5 Å². The molecule has 4 nitrogen and oxygen atoms in total. The predicted octanol–water partition coefficient (Wildman–Crippen LogP) is 3.71. The standard InChI is InChI=1S/C19H21N3O/c1-13(2)22-19(23)18(21(3)4)17(12-20-22)16-11-7-9-14-8-5-6-10-15(14)16/h5-13H,1-4H3. The molecule has 1 aromatic heterocycles. The van der Waals surface area contributed by atoms with Gasteiger partial charge in [0.25, 0.3) is 5.56 Å². The summed E-state index contributed by atoms with van der Waals surface area (Å²) in [5, 5.41) is 6.66. The normalized spacial score (nSPS) is 11.2. The molecule has 0 spiro atoms. The van der Waals surface area contributed by atoms with Gasteiger partial charge in [0.15, 0.2) is 0 Å². The van der Waals surface area contributed by atoms with E-state index in [4.69, 9.17) is 0 Å². The van der Waals surface area contributed by atoms with E-state index in [9.17, 15) is 4.79 Å². The minimum Gasteiger partial charge on any atom is -0.373 e. The molecule has 0 fully saturated rings. The Balaban J connectivity index is 2.35. The van der Waals surface area contributed by atoms with E-state index >= 15 is 0 Å². The second-order valence-corrected chi connectivity index (χ2v) is 6.17. The Morgan fingerprint density at radius 3 is 2.39 bits per heavy atom. The zero-order chi connectivity index (χ0) is 16.6. The fraction of sp³-hybridized carbons (Fsp3) is 0.263. The molecular weight excluding hydrogens is 286 g/mol. The summed E-state index contributed by atoms with van der Waals surface area (Å²) in [4.78, 5) is 14.7. The van der Waals surface area contributed by atoms with Gasteiger partial charge in [-0.2, -0.15) is 5.10 Å². The summed E-state index contributed by atoms with van der Waals surface area (Å²) in [6, 6.07) is 14.4. The number of hydrogen-bond acceptors (Lipinski definition) is 3. The van der Waals surface area contributed by atoms with Crippen molar-refractivity contribution < 1.29 is 0 Å². The molecule has 4 heteroatoms. The van der Waals surface area contributed by atoms with Crippen LogP contribution in [0, 0.1) is 0 Å². The quantitative estimate of drug-likeness (QED) is 0.740. The molecule has 0 bridgehead atoms. The summed E-state index contributed by atoms with van der Waals surface area (Å²) >= 11 is 0. The van der Waals surface area contributed by atoms with E-state index in [-0.39, 0.29) is 11.6 Å². The highest BCUT2D eigenvalue weighted by Crippen LogP contribution is 2.32. The van der Waals surface area contributed by atoms with Crippen molar-refractivity contribution in [3.63, 3.8) is 0 Å². The van der Waals surface area contributed by atoms with Gasteiger partial charge in [-0.05, 0) is 30.2 Å². The van der Waals surface area contributed by atoms with Gasteiger partial charge >= 0.3 is 0 Å². The van der Waals surface area contributed by atoms with Gasteiger partial charge in [0, 0.05) is 19.7 Å². The zero-order valence-electron chi connectivity index (χ0n) is 13.9. The molecule has 0 atom stereocenters. The zero-order valence-corrected chi connectivity index (χ0v) is 13.9. The van der Waals surface area contributed by atoms with E-state index in [1.165, 1.54) is 4.68 Å². The van der Waals surface area contributed by atoms with Crippen molar-refractivity contribution in [3.05, 3.63) is 59.0 Å². The van der Waals surface area contributed by atoms with Crippen molar-refractivity contribution in [2.75, 3.05) is 19.0 Å². The average molecular weight is 307 g/mol. The first-order valence-corrected chi connectivity index (χ1v) is 7.78. The molecule has 0 N–H and O–H groups in total. The van der Waals surface area contributed by atoms with Crippen LogP contribution in [-0.2, 0) is 0 Å². The number of hydrogen-bond donors (Lipinski definition) is 0. The molecule has 0 saturated carbocycles. The Kier molecular flexibility index (Phi) is 3.90. The van der Waals surface area contributed by atoms with E-state index < -0.39 is 0 Å². The summed E-state index contributed by atoms with van der Waals surface area (Å²) in [7, 11) is 3.80. The first-order chi connectivity index (χ1) is 11.0. The number of anilines is 1. The fourth-order valence-electron chi connectivity index (χ4n) is 2.91. The minimum absolute atomic E-state index is 0.0303. The van der Waals surface area contributed by atoms with Crippen LogP contribution in [0.5, 0.6) is 0 Å². The summed E-state index contributed by atoms with van der Waals surface area (Å²) in [5.41, 5.74) is 2.52. The highest BCUT2D eigenvalue weighted by atomic mass is 16.1. The van der Waals surface area contributed by atoms with E-state index in [0.29, 0.717) is 5.69 Å². The van der Waals surface area contributed by atoms with Crippen LogP contribution >= 0.6 is 0 Å². The lowest BCUT2D eigenvalue weighted by molar-refractivity contribution is 0.503. The van der Waals surface area contributed by atoms with Crippen LogP contribution in [0.3, 0.4) is 0 Å². The molecule has 0 aliphatic heterocycles. The second kappa shape index (κ2) is 5.88. The number of benzene rings is 2. The number of aromatic nitrogens is 2. The number of nitrogens with zero attached hydrogens (tertiary/aromatic N) is 3. The molecule has 1 heterocycles. The molecule has 0 amide bonds. The van der Waals surface area contributed by atoms with Crippen LogP contribution in [0.1, 0.15) is 19.9 Å². The van der Waals surface area contributed by atoms with Crippen LogP contribution in [0.25, 0.3) is 21.9 Å². The van der Waals surface area contributed by atoms with Crippen molar-refractivity contribution in [1.82, 2.24) is 9.78 Å². The van der Waals surface area contributed by atoms with Crippen molar-refractivity contribution in [1.29, 1.82) is 0 Å². The van der Waals surface area contributed by atoms with Gasteiger partial charge in [-0.1, -0.05) is 42.5 Å². The molecule has 118 valence electrons. The lowest BCUT2D eigenvalue weighted by Gasteiger charge is -2.20. The van der Waals surface area contributed by atoms with Crippen LogP contribution in [0.15, 0.2) is 53.5 Å². The molecule has 0 unspecified atom stereocenters. The van der Waals surface area contributed by atoms with E-state index in [0.717, 1.165) is 21.9 Å². The summed E-state index contributed by atoms with van der Waals surface area (Å²) in [5.74, 6) is 0. The van der Waals surface area contributed by atoms with Crippen molar-refractivity contribution in [3.8, 4) is 11.1 Å². The topological polar surface area (TPSA) is 38.1 Å². The van der Waals surface area contributed by atoms with Gasteiger partial charge in [-0.15, -0.1) is 0 Å². The maximum absolute atomic E-state index is 12.8. The summed E-state index contributed by atoms with van der Waals surface area (Å²) < 4.78 is 1.53.